The van der Waals surface area contributed by atoms with Crippen LogP contribution in [0.15, 0.2) is 24.3 Å². The van der Waals surface area contributed by atoms with E-state index in [4.69, 9.17) is 18.0 Å². The highest BCUT2D eigenvalue weighted by Crippen LogP contribution is 2.06. The zero-order chi connectivity index (χ0) is 12.7. The maximum Gasteiger partial charge on any atom is 0.224 e. The number of nitrogens with two attached hydrogens (primary N) is 1. The Labute approximate surface area is 105 Å². The summed E-state index contributed by atoms with van der Waals surface area (Å²) < 4.78 is 13.2. The Morgan fingerprint density at radius 3 is 2.76 bits per heavy atom. The van der Waals surface area contributed by atoms with Crippen LogP contribution in [0.25, 0.3) is 0 Å². The number of rotatable bonds is 6. The lowest BCUT2D eigenvalue weighted by atomic mass is 10.1. The molecule has 0 aliphatic rings. The van der Waals surface area contributed by atoms with E-state index in [0.717, 1.165) is 0 Å². The minimum absolute atomic E-state index is 0.0553. The molecule has 3 nitrogen and oxygen atoms in total. The highest BCUT2D eigenvalue weighted by atomic mass is 32.1. The van der Waals surface area contributed by atoms with Crippen molar-refractivity contribution in [3.8, 4) is 0 Å². The quantitative estimate of drug-likeness (QED) is 0.598. The smallest absolute Gasteiger partial charge is 0.224 e. The van der Waals surface area contributed by atoms with E-state index in [1.54, 1.807) is 18.2 Å². The molecule has 1 aromatic rings. The van der Waals surface area contributed by atoms with Crippen LogP contribution in [-0.4, -0.2) is 17.4 Å². The van der Waals surface area contributed by atoms with Crippen LogP contribution >= 0.6 is 12.2 Å². The lowest BCUT2D eigenvalue weighted by Crippen LogP contribution is -2.27. The van der Waals surface area contributed by atoms with Gasteiger partial charge in [0, 0.05) is 6.54 Å². The molecular weight excluding hydrogens is 239 g/mol. The van der Waals surface area contributed by atoms with Crippen LogP contribution in [0.1, 0.15) is 18.4 Å². The molecule has 0 fully saturated rings. The molecule has 17 heavy (non-hydrogen) atoms. The van der Waals surface area contributed by atoms with Crippen LogP contribution in [0.3, 0.4) is 0 Å². The van der Waals surface area contributed by atoms with E-state index < -0.39 is 0 Å². The van der Waals surface area contributed by atoms with Crippen LogP contribution in [0.2, 0.25) is 0 Å². The first-order valence-corrected chi connectivity index (χ1v) is 5.79. The van der Waals surface area contributed by atoms with Crippen LogP contribution < -0.4 is 11.1 Å². The molecule has 3 N–H and O–H groups in total. The molecule has 0 spiro atoms. The third-order valence-electron chi connectivity index (χ3n) is 2.23. The number of thiocarbonyl (C=S) groups is 1. The molecule has 0 atom stereocenters. The molecular formula is C12H15FN2OS. The predicted octanol–water partition coefficient (Wildman–Crippen LogP) is 1.55. The Morgan fingerprint density at radius 1 is 1.41 bits per heavy atom. The van der Waals surface area contributed by atoms with Crippen molar-refractivity contribution < 1.29 is 9.18 Å². The Balaban J connectivity index is 2.30. The fourth-order valence-electron chi connectivity index (χ4n) is 1.37. The fourth-order valence-corrected chi connectivity index (χ4v) is 1.51. The Bertz CT molecular complexity index is 409. The molecule has 0 saturated heterocycles. The van der Waals surface area contributed by atoms with Gasteiger partial charge in [0.05, 0.1) is 11.4 Å². The van der Waals surface area contributed by atoms with E-state index in [1.165, 1.54) is 6.07 Å². The second-order valence-corrected chi connectivity index (χ2v) is 4.21. The fraction of sp³-hybridized carbons (Fsp3) is 0.333. The topological polar surface area (TPSA) is 55.1 Å². The number of nitrogens with one attached hydrogen (secondary N) is 1. The molecule has 0 bridgehead atoms. The number of benzene rings is 1. The summed E-state index contributed by atoms with van der Waals surface area (Å²) in [6.45, 7) is 0.505. The molecule has 0 radical (unpaired) electrons. The van der Waals surface area contributed by atoms with E-state index >= 15 is 0 Å². The van der Waals surface area contributed by atoms with E-state index in [1.807, 2.05) is 0 Å². The van der Waals surface area contributed by atoms with Crippen molar-refractivity contribution in [3.05, 3.63) is 35.6 Å². The normalized spacial score (nSPS) is 9.94. The third kappa shape index (κ3) is 5.40. The van der Waals surface area contributed by atoms with E-state index in [9.17, 15) is 9.18 Å². The zero-order valence-electron chi connectivity index (χ0n) is 9.41. The lowest BCUT2D eigenvalue weighted by Gasteiger charge is -2.05. The van der Waals surface area contributed by atoms with Gasteiger partial charge in [0.2, 0.25) is 5.91 Å². The summed E-state index contributed by atoms with van der Waals surface area (Å²) in [7, 11) is 0. The van der Waals surface area contributed by atoms with Crippen molar-refractivity contribution >= 4 is 23.1 Å². The molecule has 0 saturated carbocycles. The molecule has 5 heteroatoms. The van der Waals surface area contributed by atoms with E-state index in [-0.39, 0.29) is 18.1 Å². The molecule has 0 aromatic heterocycles. The maximum atomic E-state index is 13.2. The number of carbonyl (C=O) groups is 1. The minimum Gasteiger partial charge on any atom is -0.393 e. The van der Waals surface area contributed by atoms with Gasteiger partial charge in [0.15, 0.2) is 0 Å². The van der Waals surface area contributed by atoms with Crippen molar-refractivity contribution in [2.24, 2.45) is 5.73 Å². The molecule has 0 unspecified atom stereocenters. The Morgan fingerprint density at radius 2 is 2.12 bits per heavy atom. The Hall–Kier alpha value is -1.49. The first-order chi connectivity index (χ1) is 8.09. The molecule has 1 amide bonds. The summed E-state index contributed by atoms with van der Waals surface area (Å²) in [4.78, 5) is 11.9. The standard InChI is InChI=1S/C12H15FN2OS/c13-10-5-2-1-4-9(10)8-12(16)15-7-3-6-11(14)17/h1-2,4-5H,3,6-8H2,(H2,14,17)(H,15,16). The summed E-state index contributed by atoms with van der Waals surface area (Å²) in [6.07, 6.45) is 1.37. The van der Waals surface area contributed by atoms with Gasteiger partial charge in [-0.2, -0.15) is 0 Å². The second-order valence-electron chi connectivity index (χ2n) is 3.69. The number of halogens is 1. The summed E-state index contributed by atoms with van der Waals surface area (Å²) in [5.41, 5.74) is 5.72. The van der Waals surface area contributed by atoms with Gasteiger partial charge in [0.1, 0.15) is 5.82 Å². The number of hydrogen-bond acceptors (Lipinski definition) is 2. The summed E-state index contributed by atoms with van der Waals surface area (Å²) in [6, 6.07) is 6.25. The summed E-state index contributed by atoms with van der Waals surface area (Å²) >= 11 is 4.71. The second kappa shape index (κ2) is 6.96. The summed E-state index contributed by atoms with van der Waals surface area (Å²) in [5, 5.41) is 2.69. The minimum atomic E-state index is -0.356. The van der Waals surface area contributed by atoms with Gasteiger partial charge < -0.3 is 11.1 Å². The van der Waals surface area contributed by atoms with Gasteiger partial charge in [-0.05, 0) is 24.5 Å². The van der Waals surface area contributed by atoms with E-state index in [0.29, 0.717) is 29.9 Å². The molecule has 92 valence electrons. The van der Waals surface area contributed by atoms with Gasteiger partial charge in [-0.15, -0.1) is 0 Å². The zero-order valence-corrected chi connectivity index (χ0v) is 10.2. The largest absolute Gasteiger partial charge is 0.393 e. The van der Waals surface area contributed by atoms with Crippen molar-refractivity contribution in [1.29, 1.82) is 0 Å². The molecule has 0 aliphatic carbocycles. The van der Waals surface area contributed by atoms with Crippen molar-refractivity contribution in [3.63, 3.8) is 0 Å². The average molecular weight is 254 g/mol. The maximum absolute atomic E-state index is 13.2. The van der Waals surface area contributed by atoms with Gasteiger partial charge in [-0.3, -0.25) is 4.79 Å². The highest BCUT2D eigenvalue weighted by molar-refractivity contribution is 7.80. The SMILES string of the molecule is NC(=S)CCCNC(=O)Cc1ccccc1F. The van der Waals surface area contributed by atoms with Gasteiger partial charge in [-0.25, -0.2) is 4.39 Å². The van der Waals surface area contributed by atoms with Gasteiger partial charge in [0.25, 0.3) is 0 Å². The molecule has 0 aliphatic heterocycles. The third-order valence-corrected chi connectivity index (χ3v) is 2.44. The van der Waals surface area contributed by atoms with Crippen LogP contribution in [0.4, 0.5) is 4.39 Å². The number of amides is 1. The van der Waals surface area contributed by atoms with Gasteiger partial charge >= 0.3 is 0 Å². The first kappa shape index (κ1) is 13.6. The first-order valence-electron chi connectivity index (χ1n) is 5.38. The highest BCUT2D eigenvalue weighted by Gasteiger charge is 2.06. The Kier molecular flexibility index (Phi) is 5.56. The van der Waals surface area contributed by atoms with Crippen LogP contribution in [0.5, 0.6) is 0 Å². The summed E-state index contributed by atoms with van der Waals surface area (Å²) in [5.74, 6) is -0.552. The number of carbonyl (C=O) groups excluding carboxylic acids is 1. The lowest BCUT2D eigenvalue weighted by molar-refractivity contribution is -0.120. The average Bonchev–Trinajstić information content (AvgIpc) is 2.27. The van der Waals surface area contributed by atoms with Crippen LogP contribution in [-0.2, 0) is 11.2 Å². The van der Waals surface area contributed by atoms with Gasteiger partial charge in [-0.1, -0.05) is 30.4 Å². The molecule has 1 aromatic carbocycles. The van der Waals surface area contributed by atoms with Crippen LogP contribution in [0, 0.1) is 5.82 Å². The van der Waals surface area contributed by atoms with E-state index in [2.05, 4.69) is 5.32 Å². The van der Waals surface area contributed by atoms with Crippen molar-refractivity contribution in [2.45, 2.75) is 19.3 Å². The van der Waals surface area contributed by atoms with Crippen molar-refractivity contribution in [2.75, 3.05) is 6.54 Å². The van der Waals surface area contributed by atoms with Crippen molar-refractivity contribution in [1.82, 2.24) is 5.32 Å². The monoisotopic (exact) mass is 254 g/mol. The molecule has 1 rings (SSSR count). The predicted molar refractivity (Wildman–Crippen MR) is 69.1 cm³/mol. The molecule has 0 heterocycles. The number of hydrogen-bond donors (Lipinski definition) is 2.